The number of anilines is 2. The van der Waals surface area contributed by atoms with Crippen LogP contribution in [0.4, 0.5) is 15.8 Å². The lowest BCUT2D eigenvalue weighted by Crippen LogP contribution is -2.27. The molecular formula is C22H21FN2O5S. The Morgan fingerprint density at radius 3 is 2.19 bits per heavy atom. The lowest BCUT2D eigenvalue weighted by atomic mass is 10.2. The van der Waals surface area contributed by atoms with Gasteiger partial charge in [0.05, 0.1) is 24.8 Å². The zero-order chi connectivity index (χ0) is 22.6. The maximum Gasteiger partial charge on any atom is 0.264 e. The number of nitrogens with one attached hydrogen (secondary N) is 1. The molecular weight excluding hydrogens is 423 g/mol. The van der Waals surface area contributed by atoms with Gasteiger partial charge in [-0.25, -0.2) is 12.8 Å². The molecule has 0 radical (unpaired) electrons. The predicted molar refractivity (Wildman–Crippen MR) is 116 cm³/mol. The molecule has 0 spiro atoms. The summed E-state index contributed by atoms with van der Waals surface area (Å²) >= 11 is 0. The molecule has 0 aliphatic rings. The standard InChI is InChI=1S/C22H21FN2O5S/c1-25(19-6-4-5-7-21(19)30-3)31(27,28)17-11-8-15(9-12-17)22(26)24-16-10-13-20(29-2)18(23)14-16/h4-14H,1-3H3,(H,24,26). The average Bonchev–Trinajstić information content (AvgIpc) is 2.78. The van der Waals surface area contributed by atoms with Crippen LogP contribution in [0, 0.1) is 5.82 Å². The van der Waals surface area contributed by atoms with Crippen molar-refractivity contribution in [3.8, 4) is 11.5 Å². The first-order chi connectivity index (χ1) is 14.8. The van der Waals surface area contributed by atoms with E-state index >= 15 is 0 Å². The van der Waals surface area contributed by atoms with Gasteiger partial charge in [0.25, 0.3) is 15.9 Å². The maximum absolute atomic E-state index is 13.8. The quantitative estimate of drug-likeness (QED) is 0.597. The van der Waals surface area contributed by atoms with Crippen LogP contribution in [0.1, 0.15) is 10.4 Å². The number of halogens is 1. The Morgan fingerprint density at radius 2 is 1.58 bits per heavy atom. The summed E-state index contributed by atoms with van der Waals surface area (Å²) in [7, 11) is 0.346. The van der Waals surface area contributed by atoms with Crippen molar-refractivity contribution in [2.24, 2.45) is 0 Å². The van der Waals surface area contributed by atoms with E-state index < -0.39 is 21.7 Å². The van der Waals surface area contributed by atoms with E-state index in [0.29, 0.717) is 11.4 Å². The molecule has 9 heteroatoms. The lowest BCUT2D eigenvalue weighted by molar-refractivity contribution is 0.102. The highest BCUT2D eigenvalue weighted by atomic mass is 32.2. The number of ether oxygens (including phenoxy) is 2. The summed E-state index contributed by atoms with van der Waals surface area (Å²) in [5, 5.41) is 2.56. The predicted octanol–water partition coefficient (Wildman–Crippen LogP) is 3.92. The Bertz CT molecular complexity index is 1200. The van der Waals surface area contributed by atoms with E-state index in [1.807, 2.05) is 0 Å². The first-order valence-corrected chi connectivity index (χ1v) is 10.6. The van der Waals surface area contributed by atoms with Gasteiger partial charge in [0.15, 0.2) is 11.6 Å². The Kier molecular flexibility index (Phi) is 6.45. The number of nitrogens with zero attached hydrogens (tertiary/aromatic N) is 1. The topological polar surface area (TPSA) is 84.9 Å². The van der Waals surface area contributed by atoms with Gasteiger partial charge in [0.1, 0.15) is 5.75 Å². The zero-order valence-corrected chi connectivity index (χ0v) is 17.9. The molecule has 0 aromatic heterocycles. The third kappa shape index (κ3) is 4.61. The van der Waals surface area contributed by atoms with Crippen LogP contribution in [0.15, 0.2) is 71.6 Å². The van der Waals surface area contributed by atoms with Crippen molar-refractivity contribution in [1.82, 2.24) is 0 Å². The van der Waals surface area contributed by atoms with Crippen LogP contribution in [0.2, 0.25) is 0 Å². The molecule has 0 heterocycles. The number of hydrogen-bond acceptors (Lipinski definition) is 5. The van der Waals surface area contributed by atoms with Crippen LogP contribution >= 0.6 is 0 Å². The van der Waals surface area contributed by atoms with E-state index in [1.165, 1.54) is 57.7 Å². The van der Waals surface area contributed by atoms with Crippen molar-refractivity contribution in [2.75, 3.05) is 30.9 Å². The largest absolute Gasteiger partial charge is 0.495 e. The number of para-hydroxylation sites is 2. The first-order valence-electron chi connectivity index (χ1n) is 9.15. The van der Waals surface area contributed by atoms with Crippen molar-refractivity contribution in [3.63, 3.8) is 0 Å². The van der Waals surface area contributed by atoms with Gasteiger partial charge in [-0.15, -0.1) is 0 Å². The Morgan fingerprint density at radius 1 is 0.935 bits per heavy atom. The van der Waals surface area contributed by atoms with Crippen LogP contribution in [0.25, 0.3) is 0 Å². The summed E-state index contributed by atoms with van der Waals surface area (Å²) < 4.78 is 51.0. The van der Waals surface area contributed by atoms with Crippen LogP contribution < -0.4 is 19.1 Å². The molecule has 1 amide bonds. The second-order valence-electron chi connectivity index (χ2n) is 6.47. The van der Waals surface area contributed by atoms with Gasteiger partial charge < -0.3 is 14.8 Å². The number of hydrogen-bond donors (Lipinski definition) is 1. The van der Waals surface area contributed by atoms with E-state index in [1.54, 1.807) is 24.3 Å². The zero-order valence-electron chi connectivity index (χ0n) is 17.1. The summed E-state index contributed by atoms with van der Waals surface area (Å²) in [6.07, 6.45) is 0. The summed E-state index contributed by atoms with van der Waals surface area (Å²) in [5.74, 6) is -0.643. The number of benzene rings is 3. The van der Waals surface area contributed by atoms with Crippen molar-refractivity contribution < 1.29 is 27.1 Å². The third-order valence-corrected chi connectivity index (χ3v) is 6.39. The summed E-state index contributed by atoms with van der Waals surface area (Å²) in [6, 6.07) is 16.2. The Balaban J connectivity index is 1.80. The molecule has 3 aromatic rings. The molecule has 1 N–H and O–H groups in total. The normalized spacial score (nSPS) is 11.0. The summed E-state index contributed by atoms with van der Waals surface area (Å²) in [5.41, 5.74) is 0.847. The van der Waals surface area contributed by atoms with E-state index in [-0.39, 0.29) is 21.9 Å². The molecule has 0 aliphatic carbocycles. The molecule has 3 aromatic carbocycles. The molecule has 0 saturated carbocycles. The number of amides is 1. The van der Waals surface area contributed by atoms with E-state index in [0.717, 1.165) is 10.4 Å². The number of methoxy groups -OCH3 is 2. The highest BCUT2D eigenvalue weighted by Crippen LogP contribution is 2.31. The molecule has 7 nitrogen and oxygen atoms in total. The molecule has 0 atom stereocenters. The van der Waals surface area contributed by atoms with Crippen LogP contribution in [-0.4, -0.2) is 35.6 Å². The fourth-order valence-corrected chi connectivity index (χ4v) is 4.11. The minimum Gasteiger partial charge on any atom is -0.495 e. The molecule has 0 unspecified atom stereocenters. The van der Waals surface area contributed by atoms with Crippen molar-refractivity contribution >= 4 is 27.3 Å². The van der Waals surface area contributed by atoms with Gasteiger partial charge in [-0.05, 0) is 48.5 Å². The van der Waals surface area contributed by atoms with Gasteiger partial charge >= 0.3 is 0 Å². The molecule has 0 aliphatic heterocycles. The molecule has 0 fully saturated rings. The van der Waals surface area contributed by atoms with Crippen molar-refractivity contribution in [3.05, 3.63) is 78.1 Å². The molecule has 3 rings (SSSR count). The SMILES string of the molecule is COc1ccc(NC(=O)c2ccc(S(=O)(=O)N(C)c3ccccc3OC)cc2)cc1F. The summed E-state index contributed by atoms with van der Waals surface area (Å²) in [6.45, 7) is 0. The second-order valence-corrected chi connectivity index (χ2v) is 8.44. The molecule has 162 valence electrons. The Labute approximate surface area is 180 Å². The minimum absolute atomic E-state index is 0.00736. The molecule has 0 bridgehead atoms. The fourth-order valence-electron chi connectivity index (χ4n) is 2.90. The third-order valence-electron chi connectivity index (χ3n) is 4.61. The van der Waals surface area contributed by atoms with Gasteiger partial charge in [0, 0.05) is 24.4 Å². The smallest absolute Gasteiger partial charge is 0.264 e. The summed E-state index contributed by atoms with van der Waals surface area (Å²) in [4.78, 5) is 12.4. The van der Waals surface area contributed by atoms with E-state index in [4.69, 9.17) is 9.47 Å². The minimum atomic E-state index is -3.88. The maximum atomic E-state index is 13.8. The van der Waals surface area contributed by atoms with Gasteiger partial charge in [0.2, 0.25) is 0 Å². The lowest BCUT2D eigenvalue weighted by Gasteiger charge is -2.21. The van der Waals surface area contributed by atoms with Gasteiger partial charge in [-0.2, -0.15) is 0 Å². The Hall–Kier alpha value is -3.59. The van der Waals surface area contributed by atoms with Gasteiger partial charge in [-0.1, -0.05) is 12.1 Å². The van der Waals surface area contributed by atoms with E-state index in [9.17, 15) is 17.6 Å². The van der Waals surface area contributed by atoms with Crippen LogP contribution in [-0.2, 0) is 10.0 Å². The fraction of sp³-hybridized carbons (Fsp3) is 0.136. The number of rotatable bonds is 7. The first kappa shape index (κ1) is 22.1. The monoisotopic (exact) mass is 444 g/mol. The van der Waals surface area contributed by atoms with Crippen molar-refractivity contribution in [2.45, 2.75) is 4.90 Å². The molecule has 0 saturated heterocycles. The van der Waals surface area contributed by atoms with Crippen molar-refractivity contribution in [1.29, 1.82) is 0 Å². The van der Waals surface area contributed by atoms with E-state index in [2.05, 4.69) is 5.32 Å². The average molecular weight is 444 g/mol. The highest BCUT2D eigenvalue weighted by Gasteiger charge is 2.24. The van der Waals surface area contributed by atoms with Crippen LogP contribution in [0.5, 0.6) is 11.5 Å². The molecule has 31 heavy (non-hydrogen) atoms. The van der Waals surface area contributed by atoms with Gasteiger partial charge in [-0.3, -0.25) is 9.10 Å². The second kappa shape index (κ2) is 9.05. The van der Waals surface area contributed by atoms with Crippen LogP contribution in [0.3, 0.4) is 0 Å². The highest BCUT2D eigenvalue weighted by molar-refractivity contribution is 7.92. The number of sulfonamides is 1. The number of carbonyl (C=O) groups is 1. The number of carbonyl (C=O) groups excluding carboxylic acids is 1.